The molecule has 18 heavy (non-hydrogen) atoms. The second-order valence-electron chi connectivity index (χ2n) is 4.05. The Kier molecular flexibility index (Phi) is 5.37. The van der Waals surface area contributed by atoms with Gasteiger partial charge in [0.25, 0.3) is 0 Å². The van der Waals surface area contributed by atoms with E-state index in [9.17, 15) is 13.2 Å². The van der Waals surface area contributed by atoms with Gasteiger partial charge in [0.05, 0.1) is 0 Å². The SMILES string of the molecule is CC[Si](CCc1cc(F)c(F)c(F)c1)(OC)OC. The molecule has 0 unspecified atom stereocenters. The summed E-state index contributed by atoms with van der Waals surface area (Å²) in [6.07, 6.45) is 0.399. The molecule has 0 saturated carbocycles. The average molecular weight is 278 g/mol. The highest BCUT2D eigenvalue weighted by Gasteiger charge is 2.32. The van der Waals surface area contributed by atoms with Crippen LogP contribution >= 0.6 is 0 Å². The summed E-state index contributed by atoms with van der Waals surface area (Å²) < 4.78 is 49.7. The summed E-state index contributed by atoms with van der Waals surface area (Å²) in [5, 5.41) is 0. The van der Waals surface area contributed by atoms with Crippen LogP contribution in [-0.2, 0) is 15.3 Å². The first-order valence-corrected chi connectivity index (χ1v) is 7.94. The first-order chi connectivity index (χ1) is 8.48. The largest absolute Gasteiger partial charge is 0.398 e. The molecule has 0 atom stereocenters. The molecule has 0 aliphatic rings. The number of rotatable bonds is 6. The van der Waals surface area contributed by atoms with Crippen LogP contribution < -0.4 is 0 Å². The molecule has 0 saturated heterocycles. The van der Waals surface area contributed by atoms with Crippen molar-refractivity contribution in [3.8, 4) is 0 Å². The van der Waals surface area contributed by atoms with Gasteiger partial charge >= 0.3 is 8.56 Å². The minimum Gasteiger partial charge on any atom is -0.398 e. The number of hydrogen-bond donors (Lipinski definition) is 0. The predicted octanol–water partition coefficient (Wildman–Crippen LogP) is 3.40. The lowest BCUT2D eigenvalue weighted by Gasteiger charge is -2.25. The second-order valence-corrected chi connectivity index (χ2v) is 7.89. The lowest BCUT2D eigenvalue weighted by molar-refractivity contribution is 0.243. The Morgan fingerprint density at radius 2 is 1.56 bits per heavy atom. The zero-order valence-corrected chi connectivity index (χ0v) is 11.7. The summed E-state index contributed by atoms with van der Waals surface area (Å²) in [6, 6.07) is 3.34. The first-order valence-electron chi connectivity index (χ1n) is 5.71. The maximum Gasteiger partial charge on any atom is 0.337 e. The van der Waals surface area contributed by atoms with Crippen LogP contribution in [0.4, 0.5) is 13.2 Å². The summed E-state index contributed by atoms with van der Waals surface area (Å²) in [6.45, 7) is 1.95. The molecular weight excluding hydrogens is 261 g/mol. The van der Waals surface area contributed by atoms with Crippen molar-refractivity contribution in [2.24, 2.45) is 0 Å². The minimum absolute atomic E-state index is 0.399. The van der Waals surface area contributed by atoms with Crippen molar-refractivity contribution in [1.82, 2.24) is 0 Å². The van der Waals surface area contributed by atoms with Crippen molar-refractivity contribution in [2.75, 3.05) is 14.2 Å². The Morgan fingerprint density at radius 1 is 1.06 bits per heavy atom. The van der Waals surface area contributed by atoms with E-state index >= 15 is 0 Å². The van der Waals surface area contributed by atoms with Crippen LogP contribution in [0.3, 0.4) is 0 Å². The van der Waals surface area contributed by atoms with Crippen molar-refractivity contribution in [2.45, 2.75) is 25.4 Å². The van der Waals surface area contributed by atoms with Crippen LogP contribution in [0, 0.1) is 17.5 Å². The van der Waals surface area contributed by atoms with Gasteiger partial charge in [0, 0.05) is 14.2 Å². The van der Waals surface area contributed by atoms with Crippen LogP contribution in [-0.4, -0.2) is 22.8 Å². The molecule has 1 aromatic rings. The Hall–Kier alpha value is -0.853. The molecule has 1 rings (SSSR count). The van der Waals surface area contributed by atoms with Crippen molar-refractivity contribution in [1.29, 1.82) is 0 Å². The number of hydrogen-bond acceptors (Lipinski definition) is 2. The monoisotopic (exact) mass is 278 g/mol. The van der Waals surface area contributed by atoms with E-state index in [0.717, 1.165) is 18.2 Å². The zero-order chi connectivity index (χ0) is 13.8. The highest BCUT2D eigenvalue weighted by atomic mass is 28.4. The topological polar surface area (TPSA) is 18.5 Å². The van der Waals surface area contributed by atoms with Gasteiger partial charge in [0.15, 0.2) is 17.5 Å². The Bertz CT molecular complexity index is 377. The van der Waals surface area contributed by atoms with Crippen LogP contribution in [0.1, 0.15) is 12.5 Å². The lowest BCUT2D eigenvalue weighted by atomic mass is 10.1. The standard InChI is InChI=1S/C12H17F3O2Si/c1-4-18(16-2,17-3)6-5-9-7-10(13)12(15)11(14)8-9/h7-8H,4-6H2,1-3H3. The lowest BCUT2D eigenvalue weighted by Crippen LogP contribution is -2.39. The third-order valence-corrected chi connectivity index (χ3v) is 6.70. The minimum atomic E-state index is -2.29. The molecule has 2 nitrogen and oxygen atoms in total. The molecule has 0 aliphatic heterocycles. The maximum absolute atomic E-state index is 13.0. The fraction of sp³-hybridized carbons (Fsp3) is 0.500. The molecule has 0 aromatic heterocycles. The Morgan fingerprint density at radius 3 is 1.94 bits per heavy atom. The fourth-order valence-electron chi connectivity index (χ4n) is 1.84. The highest BCUT2D eigenvalue weighted by molar-refractivity contribution is 6.67. The summed E-state index contributed by atoms with van der Waals surface area (Å²) in [5.74, 6) is -3.76. The van der Waals surface area contributed by atoms with Gasteiger partial charge in [0.2, 0.25) is 0 Å². The van der Waals surface area contributed by atoms with Crippen LogP contribution in [0.2, 0.25) is 12.1 Å². The van der Waals surface area contributed by atoms with Crippen molar-refractivity contribution in [3.05, 3.63) is 35.1 Å². The van der Waals surface area contributed by atoms with E-state index < -0.39 is 26.0 Å². The molecule has 0 heterocycles. The number of halogens is 3. The van der Waals surface area contributed by atoms with Gasteiger partial charge in [-0.15, -0.1) is 0 Å². The number of benzene rings is 1. The number of aryl methyl sites for hydroxylation is 1. The molecule has 0 aliphatic carbocycles. The summed E-state index contributed by atoms with van der Waals surface area (Å²) >= 11 is 0. The van der Waals surface area contributed by atoms with Gasteiger partial charge in [0.1, 0.15) is 0 Å². The predicted molar refractivity (Wildman–Crippen MR) is 65.1 cm³/mol. The van der Waals surface area contributed by atoms with E-state index in [1.807, 2.05) is 6.92 Å². The van der Waals surface area contributed by atoms with E-state index in [4.69, 9.17) is 8.85 Å². The molecule has 0 radical (unpaired) electrons. The smallest absolute Gasteiger partial charge is 0.337 e. The molecule has 6 heteroatoms. The normalized spacial score (nSPS) is 11.9. The summed E-state index contributed by atoms with van der Waals surface area (Å²) in [5.41, 5.74) is 0.408. The molecule has 0 N–H and O–H groups in total. The second kappa shape index (κ2) is 6.35. The zero-order valence-electron chi connectivity index (χ0n) is 10.7. The van der Waals surface area contributed by atoms with Gasteiger partial charge in [-0.1, -0.05) is 6.92 Å². The Labute approximate surface area is 106 Å². The van der Waals surface area contributed by atoms with Crippen molar-refractivity contribution < 1.29 is 22.0 Å². The molecular formula is C12H17F3O2Si. The fourth-order valence-corrected chi connectivity index (χ4v) is 4.02. The molecule has 0 fully saturated rings. The van der Waals surface area contributed by atoms with E-state index in [-0.39, 0.29) is 0 Å². The van der Waals surface area contributed by atoms with Crippen LogP contribution in [0.15, 0.2) is 12.1 Å². The highest BCUT2D eigenvalue weighted by Crippen LogP contribution is 2.22. The van der Waals surface area contributed by atoms with Gasteiger partial charge < -0.3 is 8.85 Å². The van der Waals surface area contributed by atoms with Crippen molar-refractivity contribution in [3.63, 3.8) is 0 Å². The van der Waals surface area contributed by atoms with E-state index in [2.05, 4.69) is 0 Å². The third-order valence-electron chi connectivity index (χ3n) is 3.12. The van der Waals surface area contributed by atoms with E-state index in [1.54, 1.807) is 14.2 Å². The molecule has 0 amide bonds. The molecule has 102 valence electrons. The van der Waals surface area contributed by atoms with Gasteiger partial charge in [-0.25, -0.2) is 13.2 Å². The third kappa shape index (κ3) is 3.34. The summed E-state index contributed by atoms with van der Waals surface area (Å²) in [4.78, 5) is 0. The van der Waals surface area contributed by atoms with E-state index in [0.29, 0.717) is 18.0 Å². The maximum atomic E-state index is 13.0. The van der Waals surface area contributed by atoms with Gasteiger partial charge in [-0.05, 0) is 36.2 Å². The first kappa shape index (κ1) is 15.2. The van der Waals surface area contributed by atoms with E-state index in [1.165, 1.54) is 0 Å². The quantitative estimate of drug-likeness (QED) is 0.586. The van der Waals surface area contributed by atoms with Gasteiger partial charge in [-0.2, -0.15) is 0 Å². The molecule has 0 bridgehead atoms. The van der Waals surface area contributed by atoms with Crippen LogP contribution in [0.5, 0.6) is 0 Å². The molecule has 0 spiro atoms. The molecule has 1 aromatic carbocycles. The average Bonchev–Trinajstić information content (AvgIpc) is 2.38. The summed E-state index contributed by atoms with van der Waals surface area (Å²) in [7, 11) is 0.862. The van der Waals surface area contributed by atoms with Crippen LogP contribution in [0.25, 0.3) is 0 Å². The Balaban J connectivity index is 2.80. The van der Waals surface area contributed by atoms with Gasteiger partial charge in [-0.3, -0.25) is 0 Å². The van der Waals surface area contributed by atoms with Crippen molar-refractivity contribution >= 4 is 8.56 Å².